The van der Waals surface area contributed by atoms with Crippen LogP contribution in [0.1, 0.15) is 18.4 Å². The highest BCUT2D eigenvalue weighted by molar-refractivity contribution is 9.10. The van der Waals surface area contributed by atoms with Gasteiger partial charge in [-0.2, -0.15) is 0 Å². The van der Waals surface area contributed by atoms with Crippen LogP contribution in [-0.2, 0) is 10.2 Å². The zero-order valence-corrected chi connectivity index (χ0v) is 9.47. The number of amides is 1. The molecule has 0 atom stereocenters. The number of hydrogen-bond acceptors (Lipinski definition) is 2. The van der Waals surface area contributed by atoms with Crippen molar-refractivity contribution in [3.63, 3.8) is 0 Å². The molecule has 1 aliphatic rings. The number of benzene rings is 1. The Morgan fingerprint density at radius 2 is 2.20 bits per heavy atom. The highest BCUT2D eigenvalue weighted by Crippen LogP contribution is 2.49. The molecule has 1 saturated carbocycles. The lowest BCUT2D eigenvalue weighted by molar-refractivity contribution is -0.123. The van der Waals surface area contributed by atoms with Gasteiger partial charge in [0.05, 0.1) is 5.41 Å². The van der Waals surface area contributed by atoms with E-state index in [4.69, 9.17) is 5.84 Å². The maximum absolute atomic E-state index is 13.6. The van der Waals surface area contributed by atoms with Gasteiger partial charge in [0.15, 0.2) is 0 Å². The minimum atomic E-state index is -0.737. The summed E-state index contributed by atoms with van der Waals surface area (Å²) in [6.07, 6.45) is 1.29. The number of nitrogens with one attached hydrogen (secondary N) is 1. The van der Waals surface area contributed by atoms with E-state index >= 15 is 0 Å². The summed E-state index contributed by atoms with van der Waals surface area (Å²) in [5.41, 5.74) is 1.78. The van der Waals surface area contributed by atoms with E-state index in [-0.39, 0.29) is 11.7 Å². The van der Waals surface area contributed by atoms with Crippen molar-refractivity contribution >= 4 is 21.8 Å². The lowest BCUT2D eigenvalue weighted by atomic mass is 9.95. The predicted molar refractivity (Wildman–Crippen MR) is 57.3 cm³/mol. The van der Waals surface area contributed by atoms with Crippen LogP contribution in [0.25, 0.3) is 0 Å². The molecule has 2 rings (SSSR count). The standard InChI is InChI=1S/C10H10BrFN2O/c11-6-1-2-7(8(12)5-6)10(3-4-10)9(15)14-13/h1-2,5H,3-4,13H2,(H,14,15). The Kier molecular flexibility index (Phi) is 2.52. The molecule has 1 aromatic carbocycles. The lowest BCUT2D eigenvalue weighted by Gasteiger charge is -2.14. The molecule has 0 bridgehead atoms. The van der Waals surface area contributed by atoms with Crippen molar-refractivity contribution in [2.45, 2.75) is 18.3 Å². The predicted octanol–water partition coefficient (Wildman–Crippen LogP) is 1.61. The van der Waals surface area contributed by atoms with Gasteiger partial charge in [0.25, 0.3) is 0 Å². The van der Waals surface area contributed by atoms with Gasteiger partial charge in [-0.05, 0) is 25.0 Å². The third-order valence-corrected chi connectivity index (χ3v) is 3.26. The molecule has 0 heterocycles. The highest BCUT2D eigenvalue weighted by atomic mass is 79.9. The van der Waals surface area contributed by atoms with Crippen molar-refractivity contribution in [2.24, 2.45) is 5.84 Å². The maximum atomic E-state index is 13.6. The monoisotopic (exact) mass is 272 g/mol. The molecule has 1 fully saturated rings. The number of hydrogen-bond donors (Lipinski definition) is 2. The SMILES string of the molecule is NNC(=O)C1(c2ccc(Br)cc2F)CC1. The molecule has 3 nitrogen and oxygen atoms in total. The Balaban J connectivity index is 2.42. The molecule has 80 valence electrons. The molecule has 0 radical (unpaired) electrons. The summed E-state index contributed by atoms with van der Waals surface area (Å²) in [7, 11) is 0. The van der Waals surface area contributed by atoms with Gasteiger partial charge < -0.3 is 0 Å². The van der Waals surface area contributed by atoms with Crippen molar-refractivity contribution in [1.82, 2.24) is 5.43 Å². The van der Waals surface area contributed by atoms with Gasteiger partial charge in [0, 0.05) is 10.0 Å². The molecule has 0 aliphatic heterocycles. The van der Waals surface area contributed by atoms with Gasteiger partial charge in [0.2, 0.25) is 5.91 Å². The minimum absolute atomic E-state index is 0.316. The average molecular weight is 273 g/mol. The normalized spacial score (nSPS) is 17.3. The van der Waals surface area contributed by atoms with Gasteiger partial charge in [-0.3, -0.25) is 10.2 Å². The van der Waals surface area contributed by atoms with Crippen molar-refractivity contribution < 1.29 is 9.18 Å². The molecule has 15 heavy (non-hydrogen) atoms. The average Bonchev–Trinajstić information content (AvgIpc) is 2.97. The van der Waals surface area contributed by atoms with E-state index in [1.807, 2.05) is 0 Å². The summed E-state index contributed by atoms with van der Waals surface area (Å²) in [5.74, 6) is 4.40. The Morgan fingerprint density at radius 1 is 1.53 bits per heavy atom. The first-order valence-corrected chi connectivity index (χ1v) is 5.36. The Morgan fingerprint density at radius 3 is 2.67 bits per heavy atom. The third-order valence-electron chi connectivity index (χ3n) is 2.76. The second-order valence-electron chi connectivity index (χ2n) is 3.68. The Labute approximate surface area is 94.9 Å². The molecule has 1 amide bonds. The molecule has 1 aromatic rings. The quantitative estimate of drug-likeness (QED) is 0.488. The summed E-state index contributed by atoms with van der Waals surface area (Å²) in [6, 6.07) is 4.71. The van der Waals surface area contributed by atoms with Gasteiger partial charge in [-0.25, -0.2) is 10.2 Å². The van der Waals surface area contributed by atoms with E-state index in [9.17, 15) is 9.18 Å². The highest BCUT2D eigenvalue weighted by Gasteiger charge is 2.52. The van der Waals surface area contributed by atoms with Crippen LogP contribution in [-0.4, -0.2) is 5.91 Å². The fourth-order valence-corrected chi connectivity index (χ4v) is 2.09. The van der Waals surface area contributed by atoms with Crippen LogP contribution in [0.15, 0.2) is 22.7 Å². The summed E-state index contributed by atoms with van der Waals surface area (Å²) >= 11 is 3.17. The van der Waals surface area contributed by atoms with E-state index in [1.165, 1.54) is 6.07 Å². The molecule has 0 aromatic heterocycles. The van der Waals surface area contributed by atoms with Gasteiger partial charge in [0.1, 0.15) is 5.82 Å². The first-order chi connectivity index (χ1) is 7.10. The first-order valence-electron chi connectivity index (χ1n) is 4.57. The molecule has 0 saturated heterocycles. The minimum Gasteiger partial charge on any atom is -0.293 e. The number of nitrogens with two attached hydrogens (primary N) is 1. The van der Waals surface area contributed by atoms with Crippen molar-refractivity contribution in [3.8, 4) is 0 Å². The number of carbonyl (C=O) groups excluding carboxylic acids is 1. The second kappa shape index (κ2) is 3.57. The zero-order chi connectivity index (χ0) is 11.1. The molecule has 1 aliphatic carbocycles. The van der Waals surface area contributed by atoms with Crippen LogP contribution in [0, 0.1) is 5.82 Å². The smallest absolute Gasteiger partial charge is 0.244 e. The molecule has 5 heteroatoms. The fourth-order valence-electron chi connectivity index (χ4n) is 1.76. The Bertz CT molecular complexity index is 418. The van der Waals surface area contributed by atoms with Crippen LogP contribution in [0.5, 0.6) is 0 Å². The molecule has 0 spiro atoms. The topological polar surface area (TPSA) is 55.1 Å². The zero-order valence-electron chi connectivity index (χ0n) is 7.89. The number of carbonyl (C=O) groups is 1. The van der Waals surface area contributed by atoms with E-state index in [1.54, 1.807) is 12.1 Å². The van der Waals surface area contributed by atoms with Crippen LogP contribution < -0.4 is 11.3 Å². The first kappa shape index (κ1) is 10.6. The van der Waals surface area contributed by atoms with Crippen LogP contribution in [0.4, 0.5) is 4.39 Å². The second-order valence-corrected chi connectivity index (χ2v) is 4.60. The van der Waals surface area contributed by atoms with Crippen molar-refractivity contribution in [3.05, 3.63) is 34.1 Å². The molecular formula is C10H10BrFN2O. The summed E-state index contributed by atoms with van der Waals surface area (Å²) in [4.78, 5) is 11.5. The molecular weight excluding hydrogens is 263 g/mol. The van der Waals surface area contributed by atoms with E-state index in [2.05, 4.69) is 21.4 Å². The van der Waals surface area contributed by atoms with Crippen molar-refractivity contribution in [2.75, 3.05) is 0 Å². The fraction of sp³-hybridized carbons (Fsp3) is 0.300. The number of rotatable bonds is 2. The molecule has 3 N–H and O–H groups in total. The number of hydrazine groups is 1. The van der Waals surface area contributed by atoms with E-state index in [0.29, 0.717) is 22.9 Å². The summed E-state index contributed by atoms with van der Waals surface area (Å²) in [5, 5.41) is 0. The van der Waals surface area contributed by atoms with Crippen LogP contribution in [0.3, 0.4) is 0 Å². The van der Waals surface area contributed by atoms with Crippen LogP contribution in [0.2, 0.25) is 0 Å². The number of halogens is 2. The summed E-state index contributed by atoms with van der Waals surface area (Å²) in [6.45, 7) is 0. The van der Waals surface area contributed by atoms with E-state index < -0.39 is 5.41 Å². The van der Waals surface area contributed by atoms with Gasteiger partial charge in [-0.15, -0.1) is 0 Å². The largest absolute Gasteiger partial charge is 0.293 e. The van der Waals surface area contributed by atoms with Gasteiger partial charge in [-0.1, -0.05) is 22.0 Å². The molecule has 0 unspecified atom stereocenters. The van der Waals surface area contributed by atoms with Crippen molar-refractivity contribution in [1.29, 1.82) is 0 Å². The summed E-state index contributed by atoms with van der Waals surface area (Å²) < 4.78 is 14.3. The van der Waals surface area contributed by atoms with Gasteiger partial charge >= 0.3 is 0 Å². The third kappa shape index (κ3) is 1.66. The van der Waals surface area contributed by atoms with E-state index in [0.717, 1.165) is 0 Å². The maximum Gasteiger partial charge on any atom is 0.244 e. The lowest BCUT2D eigenvalue weighted by Crippen LogP contribution is -2.39. The van der Waals surface area contributed by atoms with Crippen LogP contribution >= 0.6 is 15.9 Å². The Hall–Kier alpha value is -0.940.